The van der Waals surface area contributed by atoms with Crippen LogP contribution in [-0.2, 0) is 6.42 Å². The molecule has 162 valence electrons. The number of para-hydroxylation sites is 2. The Labute approximate surface area is 189 Å². The Morgan fingerprint density at radius 1 is 0.970 bits per heavy atom. The van der Waals surface area contributed by atoms with Crippen molar-refractivity contribution in [2.45, 2.75) is 6.42 Å². The molecule has 3 heterocycles. The van der Waals surface area contributed by atoms with Gasteiger partial charge in [0.15, 0.2) is 5.65 Å². The van der Waals surface area contributed by atoms with Gasteiger partial charge in [0, 0.05) is 12.7 Å². The first-order valence-corrected chi connectivity index (χ1v) is 10.5. The van der Waals surface area contributed by atoms with E-state index in [1.165, 1.54) is 4.68 Å². The van der Waals surface area contributed by atoms with Crippen LogP contribution in [0.15, 0.2) is 84.1 Å². The molecule has 0 saturated carbocycles. The van der Waals surface area contributed by atoms with Crippen LogP contribution in [-0.4, -0.2) is 38.3 Å². The molecule has 8 heteroatoms. The lowest BCUT2D eigenvalue weighted by atomic mass is 10.1. The van der Waals surface area contributed by atoms with Gasteiger partial charge in [0.1, 0.15) is 16.9 Å². The number of aromatic nitrogens is 4. The first-order chi connectivity index (χ1) is 16.2. The summed E-state index contributed by atoms with van der Waals surface area (Å²) in [4.78, 5) is 26.8. The van der Waals surface area contributed by atoms with Crippen LogP contribution < -0.4 is 11.1 Å². The molecule has 1 amide bonds. The normalized spacial score (nSPS) is 11.4. The van der Waals surface area contributed by atoms with Gasteiger partial charge < -0.3 is 11.1 Å². The van der Waals surface area contributed by atoms with Crippen LogP contribution in [0, 0.1) is 0 Å². The summed E-state index contributed by atoms with van der Waals surface area (Å²) in [5.74, 6) is -0.144. The van der Waals surface area contributed by atoms with Gasteiger partial charge in [-0.2, -0.15) is 9.78 Å². The molecule has 3 N–H and O–H groups in total. The fraction of sp³-hybridized carbons (Fsp3) is 0.0800. The van der Waals surface area contributed by atoms with E-state index in [2.05, 4.69) is 25.4 Å². The second-order valence-electron chi connectivity index (χ2n) is 7.45. The highest BCUT2D eigenvalue weighted by Crippen LogP contribution is 2.27. The number of nitrogens with two attached hydrogens (primary N) is 1. The number of carbonyl (C=O) groups is 1. The van der Waals surface area contributed by atoms with E-state index in [1.807, 2.05) is 72.8 Å². The number of rotatable bonds is 6. The van der Waals surface area contributed by atoms with Crippen LogP contribution >= 0.6 is 0 Å². The molecule has 0 aliphatic heterocycles. The average Bonchev–Trinajstić information content (AvgIpc) is 3.12. The fourth-order valence-corrected chi connectivity index (χ4v) is 3.61. The van der Waals surface area contributed by atoms with Gasteiger partial charge >= 0.3 is 0 Å². The zero-order chi connectivity index (χ0) is 22.6. The smallest absolute Gasteiger partial charge is 0.257 e. The summed E-state index contributed by atoms with van der Waals surface area (Å²) in [6.07, 6.45) is 3.96. The molecule has 0 aliphatic carbocycles. The summed E-state index contributed by atoms with van der Waals surface area (Å²) in [5, 5.41) is 7.41. The van der Waals surface area contributed by atoms with Gasteiger partial charge in [0.2, 0.25) is 0 Å². The van der Waals surface area contributed by atoms with Crippen LogP contribution in [0.4, 0.5) is 5.82 Å². The summed E-state index contributed by atoms with van der Waals surface area (Å²) in [5.41, 5.74) is 10.6. The van der Waals surface area contributed by atoms with Gasteiger partial charge in [-0.25, -0.2) is 9.97 Å². The van der Waals surface area contributed by atoms with Crippen molar-refractivity contribution in [2.75, 3.05) is 12.3 Å². The molecule has 0 fully saturated rings. The number of anilines is 1. The molecule has 0 aliphatic rings. The molecule has 2 aromatic carbocycles. The van der Waals surface area contributed by atoms with Crippen LogP contribution in [0.25, 0.3) is 22.2 Å². The number of carbonyl (C=O) groups excluding carboxylic acids is 1. The van der Waals surface area contributed by atoms with E-state index in [9.17, 15) is 4.79 Å². The molecular formula is C25H21N7O. The van der Waals surface area contributed by atoms with E-state index in [4.69, 9.17) is 5.73 Å². The minimum atomic E-state index is -0.315. The number of nitrogens with zero attached hydrogens (tertiary/aromatic N) is 5. The van der Waals surface area contributed by atoms with E-state index < -0.39 is 0 Å². The zero-order valence-corrected chi connectivity index (χ0v) is 17.7. The number of nitrogens with one attached hydrogen (secondary N) is 1. The standard InChI is InChI=1S/C25H21N7O/c26-23-21(25(33)28-15-13-17-8-2-1-3-9-17)22-24(31-20-12-5-4-11-19(20)30-22)32(23)29-16-18-10-6-7-14-27-18/h1-12,14,16H,13,15,26H2,(H,28,33)/b29-16+. The molecule has 0 atom stereocenters. The topological polar surface area (TPSA) is 111 Å². The Morgan fingerprint density at radius 2 is 1.70 bits per heavy atom. The molecule has 8 nitrogen and oxygen atoms in total. The number of nitrogen functional groups attached to an aromatic ring is 1. The van der Waals surface area contributed by atoms with Gasteiger partial charge in [-0.15, -0.1) is 0 Å². The third-order valence-corrected chi connectivity index (χ3v) is 5.24. The summed E-state index contributed by atoms with van der Waals surface area (Å²) in [6, 6.07) is 22.9. The number of pyridine rings is 1. The monoisotopic (exact) mass is 435 g/mol. The quantitative estimate of drug-likeness (QED) is 0.397. The number of fused-ring (bicyclic) bond motifs is 2. The van der Waals surface area contributed by atoms with Gasteiger partial charge in [0.25, 0.3) is 5.91 Å². The van der Waals surface area contributed by atoms with E-state index in [-0.39, 0.29) is 17.3 Å². The maximum Gasteiger partial charge on any atom is 0.257 e. The van der Waals surface area contributed by atoms with Gasteiger partial charge in [0.05, 0.1) is 22.9 Å². The Balaban J connectivity index is 1.54. The summed E-state index contributed by atoms with van der Waals surface area (Å²) in [7, 11) is 0. The second-order valence-corrected chi connectivity index (χ2v) is 7.45. The predicted octanol–water partition coefficient (Wildman–Crippen LogP) is 3.42. The fourth-order valence-electron chi connectivity index (χ4n) is 3.61. The number of hydrogen-bond donors (Lipinski definition) is 2. The number of amides is 1. The van der Waals surface area contributed by atoms with Crippen LogP contribution in [0.1, 0.15) is 21.6 Å². The average molecular weight is 435 g/mol. The molecule has 5 aromatic rings. The predicted molar refractivity (Wildman–Crippen MR) is 129 cm³/mol. The molecule has 0 spiro atoms. The SMILES string of the molecule is Nc1c(C(=O)NCCc2ccccc2)c2nc3ccccc3nc2n1/N=C/c1ccccn1. The van der Waals surface area contributed by atoms with E-state index >= 15 is 0 Å². The Hall–Kier alpha value is -4.59. The molecule has 3 aromatic heterocycles. The molecular weight excluding hydrogens is 414 g/mol. The molecule has 0 bridgehead atoms. The van der Waals surface area contributed by atoms with E-state index in [0.29, 0.717) is 40.9 Å². The highest BCUT2D eigenvalue weighted by Gasteiger charge is 2.23. The molecule has 0 unspecified atom stereocenters. The van der Waals surface area contributed by atoms with Crippen molar-refractivity contribution in [3.8, 4) is 0 Å². The van der Waals surface area contributed by atoms with Crippen molar-refractivity contribution in [3.63, 3.8) is 0 Å². The van der Waals surface area contributed by atoms with Crippen molar-refractivity contribution in [1.29, 1.82) is 0 Å². The van der Waals surface area contributed by atoms with Gasteiger partial charge in [-0.1, -0.05) is 48.5 Å². The zero-order valence-electron chi connectivity index (χ0n) is 17.7. The minimum Gasteiger partial charge on any atom is -0.383 e. The van der Waals surface area contributed by atoms with Gasteiger partial charge in [-0.3, -0.25) is 9.78 Å². The van der Waals surface area contributed by atoms with Crippen molar-refractivity contribution in [2.24, 2.45) is 5.10 Å². The lowest BCUT2D eigenvalue weighted by Gasteiger charge is -2.05. The Morgan fingerprint density at radius 3 is 2.45 bits per heavy atom. The first-order valence-electron chi connectivity index (χ1n) is 10.5. The van der Waals surface area contributed by atoms with Crippen LogP contribution in [0.2, 0.25) is 0 Å². The van der Waals surface area contributed by atoms with Crippen LogP contribution in [0.3, 0.4) is 0 Å². The highest BCUT2D eigenvalue weighted by atomic mass is 16.1. The Kier molecular flexibility index (Phi) is 5.47. The number of benzene rings is 2. The lowest BCUT2D eigenvalue weighted by molar-refractivity contribution is 0.0956. The van der Waals surface area contributed by atoms with Crippen molar-refractivity contribution >= 4 is 40.1 Å². The van der Waals surface area contributed by atoms with Crippen molar-refractivity contribution in [1.82, 2.24) is 24.9 Å². The summed E-state index contributed by atoms with van der Waals surface area (Å²) < 4.78 is 1.44. The largest absolute Gasteiger partial charge is 0.383 e. The minimum absolute atomic E-state index is 0.171. The third kappa shape index (κ3) is 4.14. The van der Waals surface area contributed by atoms with E-state index in [0.717, 1.165) is 5.56 Å². The molecule has 5 rings (SSSR count). The summed E-state index contributed by atoms with van der Waals surface area (Å²) in [6.45, 7) is 0.465. The first kappa shape index (κ1) is 20.3. The lowest BCUT2D eigenvalue weighted by Crippen LogP contribution is -2.26. The molecule has 0 saturated heterocycles. The van der Waals surface area contributed by atoms with Crippen molar-refractivity contribution < 1.29 is 4.79 Å². The van der Waals surface area contributed by atoms with E-state index in [1.54, 1.807) is 12.4 Å². The molecule has 0 radical (unpaired) electrons. The van der Waals surface area contributed by atoms with Crippen molar-refractivity contribution in [3.05, 3.63) is 95.8 Å². The van der Waals surface area contributed by atoms with Crippen LogP contribution in [0.5, 0.6) is 0 Å². The number of hydrogen-bond acceptors (Lipinski definition) is 6. The molecule has 33 heavy (non-hydrogen) atoms. The highest BCUT2D eigenvalue weighted by molar-refractivity contribution is 6.10. The Bertz CT molecular complexity index is 1460. The second kappa shape index (κ2) is 8.88. The van der Waals surface area contributed by atoms with Gasteiger partial charge in [-0.05, 0) is 36.2 Å². The maximum atomic E-state index is 13.2. The summed E-state index contributed by atoms with van der Waals surface area (Å²) >= 11 is 0. The third-order valence-electron chi connectivity index (χ3n) is 5.24. The maximum absolute atomic E-state index is 13.2.